The van der Waals surface area contributed by atoms with E-state index in [-0.39, 0.29) is 5.91 Å². The number of nitrogens with two attached hydrogens (primary N) is 1. The maximum Gasteiger partial charge on any atom is 0.221 e. The maximum absolute atomic E-state index is 11.4. The summed E-state index contributed by atoms with van der Waals surface area (Å²) in [7, 11) is 0. The highest BCUT2D eigenvalue weighted by Gasteiger charge is 2.17. The maximum atomic E-state index is 11.4. The van der Waals surface area contributed by atoms with Crippen molar-refractivity contribution in [2.75, 3.05) is 13.2 Å². The zero-order valence-electron chi connectivity index (χ0n) is 9.46. The number of carbonyl (C=O) groups excluding carboxylic acids is 1. The molecule has 1 aromatic carbocycles. The largest absolute Gasteiger partial charge is 0.493 e. The number of halogens is 1. The highest BCUT2D eigenvalue weighted by molar-refractivity contribution is 9.10. The van der Waals surface area contributed by atoms with Crippen molar-refractivity contribution < 1.29 is 9.53 Å². The van der Waals surface area contributed by atoms with Gasteiger partial charge in [-0.3, -0.25) is 4.79 Å². The van der Waals surface area contributed by atoms with Gasteiger partial charge in [-0.15, -0.1) is 0 Å². The summed E-state index contributed by atoms with van der Waals surface area (Å²) in [6, 6.07) is 4.04. The molecule has 2 rings (SSSR count). The molecule has 0 radical (unpaired) electrons. The third-order valence-corrected chi connectivity index (χ3v) is 3.13. The SMILES string of the molecule is NCCC(=O)NCc1cc(Br)cc2c1OCC2. The average Bonchev–Trinajstić information content (AvgIpc) is 2.74. The summed E-state index contributed by atoms with van der Waals surface area (Å²) in [4.78, 5) is 11.4. The molecule has 1 aliphatic heterocycles. The molecule has 0 spiro atoms. The fourth-order valence-electron chi connectivity index (χ4n) is 1.89. The number of hydrogen-bond donors (Lipinski definition) is 2. The van der Waals surface area contributed by atoms with Crippen LogP contribution in [0.3, 0.4) is 0 Å². The lowest BCUT2D eigenvalue weighted by atomic mass is 10.1. The molecule has 3 N–H and O–H groups in total. The Balaban J connectivity index is 2.08. The Labute approximate surface area is 109 Å². The average molecular weight is 299 g/mol. The van der Waals surface area contributed by atoms with Crippen LogP contribution in [-0.4, -0.2) is 19.1 Å². The highest BCUT2D eigenvalue weighted by Crippen LogP contribution is 2.32. The predicted molar refractivity (Wildman–Crippen MR) is 68.9 cm³/mol. The van der Waals surface area contributed by atoms with Crippen LogP contribution in [0, 0.1) is 0 Å². The second kappa shape index (κ2) is 5.51. The van der Waals surface area contributed by atoms with Crippen molar-refractivity contribution in [2.45, 2.75) is 19.4 Å². The molecule has 0 aliphatic carbocycles. The van der Waals surface area contributed by atoms with Crippen molar-refractivity contribution in [1.29, 1.82) is 0 Å². The molecule has 4 nitrogen and oxygen atoms in total. The van der Waals surface area contributed by atoms with Gasteiger partial charge in [0.15, 0.2) is 0 Å². The Morgan fingerprint density at radius 2 is 2.35 bits per heavy atom. The van der Waals surface area contributed by atoms with Crippen molar-refractivity contribution in [2.24, 2.45) is 5.73 Å². The standard InChI is InChI=1S/C12H15BrN2O2/c13-10-5-8-2-4-17-12(8)9(6-10)7-15-11(16)1-3-14/h5-6H,1-4,7,14H2,(H,15,16). The molecule has 1 aliphatic rings. The molecule has 0 fully saturated rings. The topological polar surface area (TPSA) is 64.4 Å². The normalized spacial score (nSPS) is 13.1. The fraction of sp³-hybridized carbons (Fsp3) is 0.417. The second-order valence-corrected chi connectivity index (χ2v) is 4.88. The minimum Gasteiger partial charge on any atom is -0.493 e. The Morgan fingerprint density at radius 3 is 3.12 bits per heavy atom. The van der Waals surface area contributed by atoms with Crippen molar-refractivity contribution in [3.63, 3.8) is 0 Å². The van der Waals surface area contributed by atoms with Gasteiger partial charge in [0.05, 0.1) is 6.61 Å². The first-order valence-corrected chi connectivity index (χ1v) is 6.41. The first-order valence-electron chi connectivity index (χ1n) is 5.61. The summed E-state index contributed by atoms with van der Waals surface area (Å²) in [6.45, 7) is 1.58. The van der Waals surface area contributed by atoms with E-state index in [2.05, 4.69) is 27.3 Å². The summed E-state index contributed by atoms with van der Waals surface area (Å²) in [5.74, 6) is 0.889. The van der Waals surface area contributed by atoms with Gasteiger partial charge in [-0.25, -0.2) is 0 Å². The van der Waals surface area contributed by atoms with Crippen molar-refractivity contribution in [1.82, 2.24) is 5.32 Å². The highest BCUT2D eigenvalue weighted by atomic mass is 79.9. The Kier molecular flexibility index (Phi) is 4.02. The van der Waals surface area contributed by atoms with E-state index in [4.69, 9.17) is 10.5 Å². The predicted octanol–water partition coefficient (Wildman–Crippen LogP) is 1.35. The number of benzene rings is 1. The van der Waals surface area contributed by atoms with Crippen LogP contribution < -0.4 is 15.8 Å². The quantitative estimate of drug-likeness (QED) is 0.882. The molecule has 0 saturated heterocycles. The molecular formula is C12H15BrN2O2. The summed E-state index contributed by atoms with van der Waals surface area (Å²) >= 11 is 3.47. The minimum atomic E-state index is -0.0285. The third kappa shape index (κ3) is 2.98. The molecule has 1 heterocycles. The summed E-state index contributed by atoms with van der Waals surface area (Å²) in [5, 5.41) is 2.84. The summed E-state index contributed by atoms with van der Waals surface area (Å²) < 4.78 is 6.60. The van der Waals surface area contributed by atoms with Crippen LogP contribution in [0.5, 0.6) is 5.75 Å². The van der Waals surface area contributed by atoms with Gasteiger partial charge in [-0.05, 0) is 17.7 Å². The van der Waals surface area contributed by atoms with E-state index in [0.29, 0.717) is 19.5 Å². The van der Waals surface area contributed by atoms with Gasteiger partial charge in [-0.1, -0.05) is 15.9 Å². The van der Waals surface area contributed by atoms with Crippen LogP contribution in [0.1, 0.15) is 17.5 Å². The summed E-state index contributed by atoms with van der Waals surface area (Å²) in [6.07, 6.45) is 1.29. The summed E-state index contributed by atoms with van der Waals surface area (Å²) in [5.41, 5.74) is 7.53. The van der Waals surface area contributed by atoms with Crippen LogP contribution in [-0.2, 0) is 17.8 Å². The lowest BCUT2D eigenvalue weighted by Gasteiger charge is -2.10. The number of amides is 1. The lowest BCUT2D eigenvalue weighted by Crippen LogP contribution is -2.25. The third-order valence-electron chi connectivity index (χ3n) is 2.67. The van der Waals surface area contributed by atoms with Crippen molar-refractivity contribution in [3.8, 4) is 5.75 Å². The molecule has 0 saturated carbocycles. The van der Waals surface area contributed by atoms with Gasteiger partial charge in [0.1, 0.15) is 5.75 Å². The monoisotopic (exact) mass is 298 g/mol. The van der Waals surface area contributed by atoms with Gasteiger partial charge < -0.3 is 15.8 Å². The lowest BCUT2D eigenvalue weighted by molar-refractivity contribution is -0.121. The van der Waals surface area contributed by atoms with Gasteiger partial charge in [0.25, 0.3) is 0 Å². The molecule has 92 valence electrons. The first-order chi connectivity index (χ1) is 8.20. The van der Waals surface area contributed by atoms with E-state index in [9.17, 15) is 4.79 Å². The molecule has 0 unspecified atom stereocenters. The van der Waals surface area contributed by atoms with Crippen molar-refractivity contribution >= 4 is 21.8 Å². The number of rotatable bonds is 4. The van der Waals surface area contributed by atoms with Gasteiger partial charge >= 0.3 is 0 Å². The zero-order chi connectivity index (χ0) is 12.3. The number of ether oxygens (including phenoxy) is 1. The smallest absolute Gasteiger partial charge is 0.221 e. The van der Waals surface area contributed by atoms with E-state index < -0.39 is 0 Å². The Hall–Kier alpha value is -1.07. The van der Waals surface area contributed by atoms with Gasteiger partial charge in [0.2, 0.25) is 5.91 Å². The Bertz CT molecular complexity index is 435. The van der Waals surface area contributed by atoms with Crippen LogP contribution in [0.25, 0.3) is 0 Å². The molecule has 0 aromatic heterocycles. The molecule has 0 bridgehead atoms. The van der Waals surface area contributed by atoms with E-state index >= 15 is 0 Å². The first kappa shape index (κ1) is 12.4. The van der Waals surface area contributed by atoms with E-state index in [0.717, 1.165) is 28.8 Å². The number of fused-ring (bicyclic) bond motifs is 1. The van der Waals surface area contributed by atoms with Crippen LogP contribution in [0.2, 0.25) is 0 Å². The molecule has 5 heteroatoms. The number of nitrogens with one attached hydrogen (secondary N) is 1. The van der Waals surface area contributed by atoms with Crippen LogP contribution in [0.15, 0.2) is 16.6 Å². The second-order valence-electron chi connectivity index (χ2n) is 3.97. The van der Waals surface area contributed by atoms with Crippen LogP contribution >= 0.6 is 15.9 Å². The van der Waals surface area contributed by atoms with E-state index in [1.54, 1.807) is 0 Å². The molecule has 1 amide bonds. The van der Waals surface area contributed by atoms with Crippen molar-refractivity contribution in [3.05, 3.63) is 27.7 Å². The number of hydrogen-bond acceptors (Lipinski definition) is 3. The van der Waals surface area contributed by atoms with Crippen LogP contribution in [0.4, 0.5) is 0 Å². The Morgan fingerprint density at radius 1 is 1.53 bits per heavy atom. The van der Waals surface area contributed by atoms with E-state index in [1.165, 1.54) is 5.56 Å². The molecule has 1 aromatic rings. The molecule has 0 atom stereocenters. The molecular weight excluding hydrogens is 284 g/mol. The van der Waals surface area contributed by atoms with Gasteiger partial charge in [-0.2, -0.15) is 0 Å². The van der Waals surface area contributed by atoms with Gasteiger partial charge in [0, 0.05) is 36.0 Å². The number of carbonyl (C=O) groups is 1. The van der Waals surface area contributed by atoms with E-state index in [1.807, 2.05) is 6.07 Å². The molecule has 17 heavy (non-hydrogen) atoms. The zero-order valence-corrected chi connectivity index (χ0v) is 11.0. The fourth-order valence-corrected chi connectivity index (χ4v) is 2.44. The minimum absolute atomic E-state index is 0.0285.